The lowest BCUT2D eigenvalue weighted by molar-refractivity contribution is -0.122. The fourth-order valence-electron chi connectivity index (χ4n) is 3.28. The molecule has 31 heavy (non-hydrogen) atoms. The van der Waals surface area contributed by atoms with E-state index < -0.39 is 0 Å². The highest BCUT2D eigenvalue weighted by molar-refractivity contribution is 8.26. The van der Waals surface area contributed by atoms with Crippen LogP contribution in [0.1, 0.15) is 12.0 Å². The standard InChI is InChI=1S/C25H20N2O2S2/c28-23(26-21-14-7-12-19-11-4-5-13-20(19)21)16-17-27-24(29)22(31-25(27)30)15-6-10-18-8-2-1-3-9-18/h1-15H,16-17H2,(H,26,28). The molecule has 4 rings (SSSR count). The van der Waals surface area contributed by atoms with Gasteiger partial charge >= 0.3 is 0 Å². The van der Waals surface area contributed by atoms with E-state index in [-0.39, 0.29) is 24.8 Å². The highest BCUT2D eigenvalue weighted by Crippen LogP contribution is 2.31. The number of thiocarbonyl (C=S) groups is 1. The highest BCUT2D eigenvalue weighted by Gasteiger charge is 2.31. The van der Waals surface area contributed by atoms with E-state index in [0.29, 0.717) is 9.23 Å². The molecule has 4 nitrogen and oxygen atoms in total. The lowest BCUT2D eigenvalue weighted by Gasteiger charge is -2.14. The summed E-state index contributed by atoms with van der Waals surface area (Å²) in [5.74, 6) is -0.316. The molecule has 0 aliphatic carbocycles. The lowest BCUT2D eigenvalue weighted by atomic mass is 10.1. The van der Waals surface area contributed by atoms with Gasteiger partial charge in [0.15, 0.2) is 0 Å². The molecule has 0 unspecified atom stereocenters. The van der Waals surface area contributed by atoms with E-state index >= 15 is 0 Å². The summed E-state index contributed by atoms with van der Waals surface area (Å²) < 4.78 is 0.474. The Morgan fingerprint density at radius 2 is 1.74 bits per heavy atom. The maximum absolute atomic E-state index is 12.7. The number of amides is 2. The third-order valence-electron chi connectivity index (χ3n) is 4.84. The minimum atomic E-state index is -0.161. The number of nitrogens with one attached hydrogen (secondary N) is 1. The molecule has 1 saturated heterocycles. The smallest absolute Gasteiger partial charge is 0.266 e. The van der Waals surface area contributed by atoms with Crippen molar-refractivity contribution in [1.29, 1.82) is 0 Å². The van der Waals surface area contributed by atoms with E-state index in [1.165, 1.54) is 16.7 Å². The van der Waals surface area contributed by atoms with Gasteiger partial charge in [-0.05, 0) is 23.1 Å². The molecule has 3 aromatic rings. The van der Waals surface area contributed by atoms with Gasteiger partial charge in [-0.2, -0.15) is 0 Å². The quantitative estimate of drug-likeness (QED) is 0.396. The first-order valence-corrected chi connectivity index (χ1v) is 11.1. The van der Waals surface area contributed by atoms with Crippen molar-refractivity contribution in [2.75, 3.05) is 11.9 Å². The maximum Gasteiger partial charge on any atom is 0.266 e. The van der Waals surface area contributed by atoms with Crippen molar-refractivity contribution in [3.05, 3.63) is 95.4 Å². The summed E-state index contributed by atoms with van der Waals surface area (Å²) in [6, 6.07) is 23.5. The van der Waals surface area contributed by atoms with Crippen LogP contribution in [-0.4, -0.2) is 27.6 Å². The minimum Gasteiger partial charge on any atom is -0.325 e. The van der Waals surface area contributed by atoms with Crippen molar-refractivity contribution in [2.45, 2.75) is 6.42 Å². The van der Waals surface area contributed by atoms with Crippen molar-refractivity contribution >= 4 is 62.7 Å². The molecular weight excluding hydrogens is 424 g/mol. The van der Waals surface area contributed by atoms with E-state index in [2.05, 4.69) is 5.32 Å². The Hall–Kier alpha value is -3.22. The number of rotatable bonds is 6. The molecule has 0 atom stereocenters. The van der Waals surface area contributed by atoms with Gasteiger partial charge in [-0.1, -0.05) is 103 Å². The monoisotopic (exact) mass is 444 g/mol. The van der Waals surface area contributed by atoms with Gasteiger partial charge in [0.2, 0.25) is 5.91 Å². The van der Waals surface area contributed by atoms with Crippen LogP contribution in [0, 0.1) is 0 Å². The number of nitrogens with zero attached hydrogens (tertiary/aromatic N) is 1. The van der Waals surface area contributed by atoms with Crippen molar-refractivity contribution in [3.8, 4) is 0 Å². The molecule has 0 saturated carbocycles. The first-order valence-electron chi connectivity index (χ1n) is 9.86. The van der Waals surface area contributed by atoms with Gasteiger partial charge < -0.3 is 5.32 Å². The topological polar surface area (TPSA) is 49.4 Å². The largest absolute Gasteiger partial charge is 0.325 e. The number of carbonyl (C=O) groups is 2. The van der Waals surface area contributed by atoms with Crippen LogP contribution in [0.2, 0.25) is 0 Å². The minimum absolute atomic E-state index is 0.154. The van der Waals surface area contributed by atoms with Gasteiger partial charge in [0.25, 0.3) is 5.91 Å². The summed E-state index contributed by atoms with van der Waals surface area (Å²) in [4.78, 5) is 27.3. The zero-order valence-electron chi connectivity index (χ0n) is 16.7. The number of allylic oxidation sites excluding steroid dienone is 2. The van der Waals surface area contributed by atoms with Gasteiger partial charge in [-0.3, -0.25) is 14.5 Å². The summed E-state index contributed by atoms with van der Waals surface area (Å²) in [7, 11) is 0. The summed E-state index contributed by atoms with van der Waals surface area (Å²) in [5, 5.41) is 4.99. The number of hydrogen-bond donors (Lipinski definition) is 1. The second-order valence-corrected chi connectivity index (χ2v) is 8.63. The van der Waals surface area contributed by atoms with Crippen LogP contribution in [0.15, 0.2) is 89.9 Å². The molecule has 1 aliphatic rings. The Morgan fingerprint density at radius 3 is 2.58 bits per heavy atom. The van der Waals surface area contributed by atoms with Crippen LogP contribution >= 0.6 is 24.0 Å². The summed E-state index contributed by atoms with van der Waals surface area (Å²) in [5.41, 5.74) is 1.82. The number of fused-ring (bicyclic) bond motifs is 1. The first kappa shape index (κ1) is 21.0. The van der Waals surface area contributed by atoms with Crippen LogP contribution in [0.3, 0.4) is 0 Å². The molecule has 1 aliphatic heterocycles. The highest BCUT2D eigenvalue weighted by atomic mass is 32.2. The number of benzene rings is 3. The fraction of sp³-hybridized carbons (Fsp3) is 0.0800. The average molecular weight is 445 g/mol. The van der Waals surface area contributed by atoms with E-state index in [1.54, 1.807) is 6.08 Å². The Morgan fingerprint density at radius 1 is 1.00 bits per heavy atom. The third-order valence-corrected chi connectivity index (χ3v) is 6.23. The first-order chi connectivity index (χ1) is 15.1. The molecule has 1 fully saturated rings. The van der Waals surface area contributed by atoms with Crippen LogP contribution in [0.5, 0.6) is 0 Å². The predicted molar refractivity (Wildman–Crippen MR) is 133 cm³/mol. The Labute approximate surface area is 190 Å². The zero-order chi connectivity index (χ0) is 21.6. The van der Waals surface area contributed by atoms with E-state index in [0.717, 1.165) is 22.0 Å². The molecule has 2 amide bonds. The summed E-state index contributed by atoms with van der Waals surface area (Å²) >= 11 is 6.62. The molecule has 0 radical (unpaired) electrons. The van der Waals surface area contributed by atoms with Gasteiger partial charge in [0.1, 0.15) is 4.32 Å². The molecule has 0 spiro atoms. The van der Waals surface area contributed by atoms with E-state index in [4.69, 9.17) is 12.2 Å². The number of hydrogen-bond acceptors (Lipinski definition) is 4. The second-order valence-electron chi connectivity index (χ2n) is 6.95. The Kier molecular flexibility index (Phi) is 6.60. The fourth-order valence-corrected chi connectivity index (χ4v) is 4.54. The molecule has 1 N–H and O–H groups in total. The SMILES string of the molecule is O=C(CCN1C(=O)C(=CC=Cc2ccccc2)SC1=S)Nc1cccc2ccccc12. The molecule has 0 bridgehead atoms. The molecule has 154 valence electrons. The Bertz CT molecular complexity index is 1200. The van der Waals surface area contributed by atoms with Gasteiger partial charge in [0.05, 0.1) is 4.91 Å². The van der Waals surface area contributed by atoms with Crippen LogP contribution < -0.4 is 5.32 Å². The van der Waals surface area contributed by atoms with Crippen LogP contribution in [0.25, 0.3) is 16.8 Å². The van der Waals surface area contributed by atoms with Crippen LogP contribution in [0.4, 0.5) is 5.69 Å². The van der Waals surface area contributed by atoms with Crippen molar-refractivity contribution in [3.63, 3.8) is 0 Å². The third kappa shape index (κ3) is 5.10. The van der Waals surface area contributed by atoms with Gasteiger partial charge in [0, 0.05) is 24.0 Å². The van der Waals surface area contributed by atoms with Crippen LogP contribution in [-0.2, 0) is 9.59 Å². The van der Waals surface area contributed by atoms with Gasteiger partial charge in [-0.15, -0.1) is 0 Å². The average Bonchev–Trinajstić information content (AvgIpc) is 3.06. The maximum atomic E-state index is 12.7. The predicted octanol–water partition coefficient (Wildman–Crippen LogP) is 5.63. The second kappa shape index (κ2) is 9.73. The molecular formula is C25H20N2O2S2. The normalized spacial score (nSPS) is 15.4. The van der Waals surface area contributed by atoms with E-state index in [1.807, 2.05) is 84.9 Å². The number of thioether (sulfide) groups is 1. The zero-order valence-corrected chi connectivity index (χ0v) is 18.3. The molecule has 6 heteroatoms. The number of carbonyl (C=O) groups excluding carboxylic acids is 2. The molecule has 3 aromatic carbocycles. The van der Waals surface area contributed by atoms with Gasteiger partial charge in [-0.25, -0.2) is 0 Å². The van der Waals surface area contributed by atoms with Crippen molar-refractivity contribution in [1.82, 2.24) is 4.90 Å². The number of anilines is 1. The van der Waals surface area contributed by atoms with E-state index in [9.17, 15) is 9.59 Å². The molecule has 0 aromatic heterocycles. The lowest BCUT2D eigenvalue weighted by Crippen LogP contribution is -2.31. The Balaban J connectivity index is 1.36. The summed E-state index contributed by atoms with van der Waals surface area (Å²) in [6.07, 6.45) is 5.71. The van der Waals surface area contributed by atoms with Crippen molar-refractivity contribution < 1.29 is 9.59 Å². The summed E-state index contributed by atoms with van der Waals surface area (Å²) in [6.45, 7) is 0.251. The van der Waals surface area contributed by atoms with Crippen molar-refractivity contribution in [2.24, 2.45) is 0 Å². The molecule has 1 heterocycles.